The summed E-state index contributed by atoms with van der Waals surface area (Å²) in [5.41, 5.74) is 0.650. The van der Waals surface area contributed by atoms with Gasteiger partial charge in [-0.15, -0.1) is 11.6 Å². The van der Waals surface area contributed by atoms with Gasteiger partial charge in [0.05, 0.1) is 10.9 Å². The maximum atomic E-state index is 13.9. The predicted molar refractivity (Wildman–Crippen MR) is 73.0 cm³/mol. The Morgan fingerprint density at radius 2 is 2.05 bits per heavy atom. The van der Waals surface area contributed by atoms with Crippen molar-refractivity contribution >= 4 is 22.6 Å². The fourth-order valence-corrected chi connectivity index (χ4v) is 2.90. The highest BCUT2D eigenvalue weighted by Crippen LogP contribution is 2.33. The van der Waals surface area contributed by atoms with Crippen molar-refractivity contribution in [3.05, 3.63) is 29.6 Å². The van der Waals surface area contributed by atoms with Crippen molar-refractivity contribution in [2.75, 3.05) is 13.2 Å². The molecule has 0 radical (unpaired) electrons. The molecule has 0 spiro atoms. The van der Waals surface area contributed by atoms with Crippen LogP contribution in [0.25, 0.3) is 11.0 Å². The molecule has 3 nitrogen and oxygen atoms in total. The van der Waals surface area contributed by atoms with Crippen LogP contribution in [0.4, 0.5) is 8.78 Å². The molecule has 1 aromatic carbocycles. The van der Waals surface area contributed by atoms with E-state index >= 15 is 0 Å². The van der Waals surface area contributed by atoms with Crippen LogP contribution in [0.3, 0.4) is 0 Å². The lowest BCUT2D eigenvalue weighted by molar-refractivity contribution is 0.0698. The molecule has 1 aliphatic heterocycles. The number of alkyl halides is 1. The fourth-order valence-electron chi connectivity index (χ4n) is 2.75. The molecule has 1 saturated heterocycles. The summed E-state index contributed by atoms with van der Waals surface area (Å²) in [6.07, 6.45) is 1.58. The molecule has 3 rings (SSSR count). The molecule has 1 fully saturated rings. The van der Waals surface area contributed by atoms with Gasteiger partial charge in [0.15, 0.2) is 5.82 Å². The number of hydrogen-bond donors (Lipinski definition) is 0. The van der Waals surface area contributed by atoms with Crippen LogP contribution in [0.5, 0.6) is 0 Å². The van der Waals surface area contributed by atoms with E-state index < -0.39 is 11.6 Å². The number of nitrogens with zero attached hydrogens (tertiary/aromatic N) is 2. The van der Waals surface area contributed by atoms with Gasteiger partial charge in [-0.2, -0.15) is 0 Å². The van der Waals surface area contributed by atoms with Gasteiger partial charge in [0.25, 0.3) is 0 Å². The number of aromatic nitrogens is 2. The quantitative estimate of drug-likeness (QED) is 0.785. The first kappa shape index (κ1) is 13.8. The Labute approximate surface area is 120 Å². The summed E-state index contributed by atoms with van der Waals surface area (Å²) >= 11 is 6.16. The Hall–Kier alpha value is -1.20. The summed E-state index contributed by atoms with van der Waals surface area (Å²) in [4.78, 5) is 4.28. The molecule has 0 amide bonds. The summed E-state index contributed by atoms with van der Waals surface area (Å²) in [6.45, 7) is 3.06. The zero-order valence-corrected chi connectivity index (χ0v) is 11.8. The highest BCUT2D eigenvalue weighted by molar-refractivity contribution is 6.20. The van der Waals surface area contributed by atoms with Crippen LogP contribution >= 0.6 is 11.6 Å². The zero-order valence-electron chi connectivity index (χ0n) is 11.1. The van der Waals surface area contributed by atoms with E-state index in [9.17, 15) is 8.78 Å². The SMILES string of the molecule is CC(Cl)c1nc2c(F)cc(F)cc2n1C1CCOCC1. The second-order valence-corrected chi connectivity index (χ2v) is 5.71. The molecular formula is C14H15ClF2N2O. The smallest absolute Gasteiger partial charge is 0.153 e. The van der Waals surface area contributed by atoms with Gasteiger partial charge in [0.1, 0.15) is 17.2 Å². The molecular weight excluding hydrogens is 286 g/mol. The molecule has 1 unspecified atom stereocenters. The van der Waals surface area contributed by atoms with Gasteiger partial charge in [-0.1, -0.05) is 0 Å². The molecule has 2 heterocycles. The van der Waals surface area contributed by atoms with E-state index in [-0.39, 0.29) is 16.9 Å². The van der Waals surface area contributed by atoms with E-state index in [2.05, 4.69) is 4.98 Å². The lowest BCUT2D eigenvalue weighted by Gasteiger charge is -2.26. The Morgan fingerprint density at radius 1 is 1.35 bits per heavy atom. The minimum absolute atomic E-state index is 0.117. The van der Waals surface area contributed by atoms with Gasteiger partial charge < -0.3 is 9.30 Å². The maximum Gasteiger partial charge on any atom is 0.153 e. The lowest BCUT2D eigenvalue weighted by Crippen LogP contribution is -2.21. The maximum absolute atomic E-state index is 13.9. The number of halogens is 3. The monoisotopic (exact) mass is 300 g/mol. The molecule has 2 aromatic rings. The van der Waals surface area contributed by atoms with Crippen LogP contribution in [-0.2, 0) is 4.74 Å². The number of benzene rings is 1. The zero-order chi connectivity index (χ0) is 14.3. The Morgan fingerprint density at radius 3 is 2.70 bits per heavy atom. The van der Waals surface area contributed by atoms with Crippen LogP contribution < -0.4 is 0 Å². The minimum atomic E-state index is -0.649. The predicted octanol–water partition coefficient (Wildman–Crippen LogP) is 3.97. The molecule has 0 bridgehead atoms. The minimum Gasteiger partial charge on any atom is -0.381 e. The van der Waals surface area contributed by atoms with Crippen molar-refractivity contribution < 1.29 is 13.5 Å². The Bertz CT molecular complexity index is 636. The number of fused-ring (bicyclic) bond motifs is 1. The van der Waals surface area contributed by atoms with E-state index in [1.54, 1.807) is 6.92 Å². The number of ether oxygens (including phenoxy) is 1. The molecule has 1 aliphatic rings. The van der Waals surface area contributed by atoms with Crippen molar-refractivity contribution in [2.45, 2.75) is 31.2 Å². The van der Waals surface area contributed by atoms with Gasteiger partial charge in [-0.25, -0.2) is 13.8 Å². The summed E-state index contributed by atoms with van der Waals surface area (Å²) in [7, 11) is 0. The second kappa shape index (κ2) is 5.30. The average Bonchev–Trinajstić information content (AvgIpc) is 2.79. The molecule has 1 aromatic heterocycles. The Balaban J connectivity index is 2.22. The summed E-state index contributed by atoms with van der Waals surface area (Å²) in [5, 5.41) is -0.368. The first-order valence-corrected chi connectivity index (χ1v) is 7.10. The average molecular weight is 301 g/mol. The van der Waals surface area contributed by atoms with Crippen molar-refractivity contribution in [2.24, 2.45) is 0 Å². The molecule has 20 heavy (non-hydrogen) atoms. The van der Waals surface area contributed by atoms with E-state index in [1.165, 1.54) is 6.07 Å². The van der Waals surface area contributed by atoms with Gasteiger partial charge >= 0.3 is 0 Å². The van der Waals surface area contributed by atoms with Crippen molar-refractivity contribution in [3.8, 4) is 0 Å². The normalized spacial score (nSPS) is 18.6. The standard InChI is InChI=1S/C14H15ClF2N2O/c1-8(15)14-18-13-11(17)6-9(16)7-12(13)19(14)10-2-4-20-5-3-10/h6-8,10H,2-5H2,1H3. The summed E-state index contributed by atoms with van der Waals surface area (Å²) in [6, 6.07) is 2.29. The lowest BCUT2D eigenvalue weighted by atomic mass is 10.1. The molecule has 0 aliphatic carbocycles. The molecule has 108 valence electrons. The fraction of sp³-hybridized carbons (Fsp3) is 0.500. The van der Waals surface area contributed by atoms with Gasteiger partial charge in [0.2, 0.25) is 0 Å². The highest BCUT2D eigenvalue weighted by Gasteiger charge is 2.25. The van der Waals surface area contributed by atoms with E-state index in [1.807, 2.05) is 4.57 Å². The number of imidazole rings is 1. The van der Waals surface area contributed by atoms with Crippen LogP contribution in [0.15, 0.2) is 12.1 Å². The van der Waals surface area contributed by atoms with Crippen LogP contribution in [0.2, 0.25) is 0 Å². The van der Waals surface area contributed by atoms with Gasteiger partial charge in [0, 0.05) is 25.3 Å². The van der Waals surface area contributed by atoms with Crippen molar-refractivity contribution in [3.63, 3.8) is 0 Å². The van der Waals surface area contributed by atoms with Crippen LogP contribution in [-0.4, -0.2) is 22.8 Å². The van der Waals surface area contributed by atoms with Gasteiger partial charge in [-0.3, -0.25) is 0 Å². The number of rotatable bonds is 2. The third kappa shape index (κ3) is 2.29. The van der Waals surface area contributed by atoms with Gasteiger partial charge in [-0.05, 0) is 25.8 Å². The molecule has 0 saturated carbocycles. The second-order valence-electron chi connectivity index (χ2n) is 5.05. The van der Waals surface area contributed by atoms with Crippen LogP contribution in [0.1, 0.15) is 37.0 Å². The summed E-state index contributed by atoms with van der Waals surface area (Å²) in [5.74, 6) is -0.667. The van der Waals surface area contributed by atoms with E-state index in [4.69, 9.17) is 16.3 Å². The summed E-state index contributed by atoms with van der Waals surface area (Å²) < 4.78 is 34.6. The number of hydrogen-bond acceptors (Lipinski definition) is 2. The van der Waals surface area contributed by atoms with E-state index in [0.717, 1.165) is 18.9 Å². The van der Waals surface area contributed by atoms with Crippen molar-refractivity contribution in [1.82, 2.24) is 9.55 Å². The van der Waals surface area contributed by atoms with Crippen molar-refractivity contribution in [1.29, 1.82) is 0 Å². The first-order chi connectivity index (χ1) is 9.58. The first-order valence-electron chi connectivity index (χ1n) is 6.66. The van der Waals surface area contributed by atoms with Crippen LogP contribution in [0, 0.1) is 11.6 Å². The topological polar surface area (TPSA) is 27.1 Å². The molecule has 6 heteroatoms. The molecule has 1 atom stereocenters. The van der Waals surface area contributed by atoms with E-state index in [0.29, 0.717) is 24.6 Å². The highest BCUT2D eigenvalue weighted by atomic mass is 35.5. The third-order valence-electron chi connectivity index (χ3n) is 3.65. The largest absolute Gasteiger partial charge is 0.381 e. The molecule has 0 N–H and O–H groups in total. The third-order valence-corrected chi connectivity index (χ3v) is 3.85. The Kier molecular flexibility index (Phi) is 3.65.